The lowest BCUT2D eigenvalue weighted by molar-refractivity contribution is 0.0759. The maximum atomic E-state index is 2.77. The lowest BCUT2D eigenvalue weighted by Gasteiger charge is -2.43. The largest absolute Gasteiger partial charge is 0.303 e. The molecule has 2 saturated heterocycles. The smallest absolute Gasteiger partial charge is 0.0120 e. The van der Waals surface area contributed by atoms with Crippen LogP contribution in [0.25, 0.3) is 0 Å². The van der Waals surface area contributed by atoms with Gasteiger partial charge in [-0.25, -0.2) is 0 Å². The number of hydrogen-bond donors (Lipinski definition) is 0. The van der Waals surface area contributed by atoms with Crippen molar-refractivity contribution in [2.24, 2.45) is 11.8 Å². The molecular formula is C26H50N2. The van der Waals surface area contributed by atoms with Gasteiger partial charge in [-0.1, -0.05) is 64.2 Å². The molecule has 0 spiro atoms. The van der Waals surface area contributed by atoms with E-state index in [1.165, 1.54) is 129 Å². The van der Waals surface area contributed by atoms with Crippen LogP contribution >= 0.6 is 0 Å². The van der Waals surface area contributed by atoms with E-state index >= 15 is 0 Å². The molecule has 0 amide bonds. The molecule has 0 radical (unpaired) electrons. The molecule has 2 heterocycles. The maximum Gasteiger partial charge on any atom is 0.0120 e. The second kappa shape index (κ2) is 12.6. The SMILES string of the molecule is CN1CCCCCCCCC1C1CCC(C2CCCCCCCCN2C)CC1. The standard InChI is InChI=1S/C26H50N2/c1-27-21-13-9-5-3-7-11-15-25(27)23-17-19-24(20-18-23)26-16-12-8-4-6-10-14-22-28(26)2/h23-26H,3-22H2,1-2H3. The van der Waals surface area contributed by atoms with Crippen LogP contribution in [0.15, 0.2) is 0 Å². The van der Waals surface area contributed by atoms with E-state index in [9.17, 15) is 0 Å². The molecule has 1 aliphatic carbocycles. The minimum Gasteiger partial charge on any atom is -0.303 e. The molecule has 2 aliphatic heterocycles. The zero-order valence-electron chi connectivity index (χ0n) is 19.3. The first kappa shape index (κ1) is 22.6. The molecule has 2 unspecified atom stereocenters. The number of nitrogens with zero attached hydrogens (tertiary/aromatic N) is 2. The zero-order valence-corrected chi connectivity index (χ0v) is 19.3. The van der Waals surface area contributed by atoms with E-state index in [0.29, 0.717) is 0 Å². The third kappa shape index (κ3) is 7.01. The van der Waals surface area contributed by atoms with Crippen LogP contribution in [-0.2, 0) is 0 Å². The molecule has 2 atom stereocenters. The summed E-state index contributed by atoms with van der Waals surface area (Å²) in [7, 11) is 4.88. The van der Waals surface area contributed by atoms with Crippen LogP contribution in [0.2, 0.25) is 0 Å². The van der Waals surface area contributed by atoms with E-state index in [0.717, 1.165) is 23.9 Å². The summed E-state index contributed by atoms with van der Waals surface area (Å²) in [5, 5.41) is 0. The third-order valence-corrected chi connectivity index (χ3v) is 8.56. The van der Waals surface area contributed by atoms with Gasteiger partial charge in [-0.15, -0.1) is 0 Å². The average molecular weight is 391 g/mol. The van der Waals surface area contributed by atoms with Gasteiger partial charge in [0.25, 0.3) is 0 Å². The molecule has 1 saturated carbocycles. The van der Waals surface area contributed by atoms with Crippen molar-refractivity contribution in [2.75, 3.05) is 27.2 Å². The Bertz CT molecular complexity index is 363. The number of rotatable bonds is 2. The highest BCUT2D eigenvalue weighted by molar-refractivity contribution is 4.88. The molecule has 28 heavy (non-hydrogen) atoms. The summed E-state index contributed by atoms with van der Waals surface area (Å²) < 4.78 is 0. The Labute approximate surface area is 176 Å². The van der Waals surface area contributed by atoms with Crippen molar-refractivity contribution in [1.82, 2.24) is 9.80 Å². The summed E-state index contributed by atoms with van der Waals surface area (Å²) in [6, 6.07) is 1.75. The maximum absolute atomic E-state index is 2.77. The molecule has 3 rings (SSSR count). The second-order valence-corrected chi connectivity index (χ2v) is 10.6. The quantitative estimate of drug-likeness (QED) is 0.507. The molecule has 0 bridgehead atoms. The van der Waals surface area contributed by atoms with Crippen LogP contribution in [0.4, 0.5) is 0 Å². The van der Waals surface area contributed by atoms with Gasteiger partial charge in [0, 0.05) is 12.1 Å². The zero-order chi connectivity index (χ0) is 19.6. The fraction of sp³-hybridized carbons (Fsp3) is 1.00. The van der Waals surface area contributed by atoms with E-state index in [4.69, 9.17) is 0 Å². The molecule has 164 valence electrons. The van der Waals surface area contributed by atoms with Crippen molar-refractivity contribution in [3.63, 3.8) is 0 Å². The van der Waals surface area contributed by atoms with Crippen LogP contribution in [0.1, 0.15) is 116 Å². The van der Waals surface area contributed by atoms with Gasteiger partial charge in [-0.05, 0) is 90.4 Å². The van der Waals surface area contributed by atoms with Crippen molar-refractivity contribution in [1.29, 1.82) is 0 Å². The predicted octanol–water partition coefficient (Wildman–Crippen LogP) is 6.88. The van der Waals surface area contributed by atoms with Crippen LogP contribution in [0.5, 0.6) is 0 Å². The molecule has 0 aromatic rings. The lowest BCUT2D eigenvalue weighted by Crippen LogP contribution is -2.44. The van der Waals surface area contributed by atoms with Crippen molar-refractivity contribution in [3.05, 3.63) is 0 Å². The lowest BCUT2D eigenvalue weighted by atomic mass is 9.73. The molecular weight excluding hydrogens is 340 g/mol. The molecule has 3 fully saturated rings. The highest BCUT2D eigenvalue weighted by atomic mass is 15.1. The predicted molar refractivity (Wildman–Crippen MR) is 123 cm³/mol. The van der Waals surface area contributed by atoms with Crippen LogP contribution in [0, 0.1) is 11.8 Å². The Kier molecular flexibility index (Phi) is 10.2. The van der Waals surface area contributed by atoms with E-state index in [1.54, 1.807) is 0 Å². The average Bonchev–Trinajstić information content (AvgIpc) is 2.72. The second-order valence-electron chi connectivity index (χ2n) is 10.6. The van der Waals surface area contributed by atoms with Gasteiger partial charge >= 0.3 is 0 Å². The van der Waals surface area contributed by atoms with E-state index in [2.05, 4.69) is 23.9 Å². The first-order chi connectivity index (χ1) is 13.8. The summed E-state index contributed by atoms with van der Waals surface area (Å²) in [5.41, 5.74) is 0. The van der Waals surface area contributed by atoms with Crippen LogP contribution in [-0.4, -0.2) is 49.1 Å². The summed E-state index contributed by atoms with van der Waals surface area (Å²) in [4.78, 5) is 5.54. The molecule has 0 N–H and O–H groups in total. The Balaban J connectivity index is 1.52. The van der Waals surface area contributed by atoms with Crippen molar-refractivity contribution in [2.45, 2.75) is 128 Å². The highest BCUT2D eigenvalue weighted by Gasteiger charge is 2.33. The third-order valence-electron chi connectivity index (χ3n) is 8.56. The summed E-state index contributed by atoms with van der Waals surface area (Å²) in [6.45, 7) is 2.69. The molecule has 2 nitrogen and oxygen atoms in total. The molecule has 0 aromatic carbocycles. The van der Waals surface area contributed by atoms with Gasteiger partial charge in [-0.3, -0.25) is 0 Å². The van der Waals surface area contributed by atoms with Crippen LogP contribution < -0.4 is 0 Å². The van der Waals surface area contributed by atoms with Gasteiger partial charge in [0.15, 0.2) is 0 Å². The minimum absolute atomic E-state index is 0.876. The van der Waals surface area contributed by atoms with E-state index < -0.39 is 0 Å². The van der Waals surface area contributed by atoms with E-state index in [1.807, 2.05) is 0 Å². The van der Waals surface area contributed by atoms with Crippen LogP contribution in [0.3, 0.4) is 0 Å². The molecule has 0 aromatic heterocycles. The first-order valence-electron chi connectivity index (χ1n) is 13.2. The normalized spacial score (nSPS) is 36.6. The van der Waals surface area contributed by atoms with Gasteiger partial charge in [0.1, 0.15) is 0 Å². The van der Waals surface area contributed by atoms with Gasteiger partial charge < -0.3 is 9.80 Å². The topological polar surface area (TPSA) is 6.48 Å². The summed E-state index contributed by atoms with van der Waals surface area (Å²) in [5.74, 6) is 1.95. The van der Waals surface area contributed by atoms with Crippen molar-refractivity contribution >= 4 is 0 Å². The Morgan fingerprint density at radius 2 is 0.714 bits per heavy atom. The van der Waals surface area contributed by atoms with Crippen molar-refractivity contribution < 1.29 is 0 Å². The first-order valence-corrected chi connectivity index (χ1v) is 13.2. The molecule has 2 heteroatoms. The monoisotopic (exact) mass is 390 g/mol. The van der Waals surface area contributed by atoms with Gasteiger partial charge in [0.05, 0.1) is 0 Å². The Morgan fingerprint density at radius 3 is 1.11 bits per heavy atom. The van der Waals surface area contributed by atoms with Crippen molar-refractivity contribution in [3.8, 4) is 0 Å². The Morgan fingerprint density at radius 1 is 0.393 bits per heavy atom. The van der Waals surface area contributed by atoms with Gasteiger partial charge in [-0.2, -0.15) is 0 Å². The van der Waals surface area contributed by atoms with Gasteiger partial charge in [0.2, 0.25) is 0 Å². The van der Waals surface area contributed by atoms with E-state index in [-0.39, 0.29) is 0 Å². The minimum atomic E-state index is 0.876. The fourth-order valence-electron chi connectivity index (χ4n) is 6.72. The highest BCUT2D eigenvalue weighted by Crippen LogP contribution is 2.38. The molecule has 3 aliphatic rings. The summed E-state index contributed by atoms with van der Waals surface area (Å²) in [6.07, 6.45) is 26.5. The fourth-order valence-corrected chi connectivity index (χ4v) is 6.72. The summed E-state index contributed by atoms with van der Waals surface area (Å²) >= 11 is 0. The number of hydrogen-bond acceptors (Lipinski definition) is 2. The Hall–Kier alpha value is -0.0800.